The molecule has 0 radical (unpaired) electrons. The quantitative estimate of drug-likeness (QED) is 0.775. The minimum atomic E-state index is -0.316. The van der Waals surface area contributed by atoms with Gasteiger partial charge in [-0.2, -0.15) is 0 Å². The van der Waals surface area contributed by atoms with Crippen molar-refractivity contribution in [2.75, 3.05) is 13.2 Å². The fraction of sp³-hybridized carbons (Fsp3) is 0.417. The maximum atomic E-state index is 11.0. The molecular weight excluding hydrogens is 206 g/mol. The second-order valence-corrected chi connectivity index (χ2v) is 4.23. The SMILES string of the molecule is O=C1NC(C2COc3ccccc3C2)CO1. The lowest BCUT2D eigenvalue weighted by molar-refractivity contribution is 0.163. The lowest BCUT2D eigenvalue weighted by atomic mass is 9.91. The molecule has 1 aromatic rings. The lowest BCUT2D eigenvalue weighted by Gasteiger charge is -2.28. The third-order valence-corrected chi connectivity index (χ3v) is 3.17. The van der Waals surface area contributed by atoms with Gasteiger partial charge in [0.05, 0.1) is 12.6 Å². The molecule has 1 amide bonds. The van der Waals surface area contributed by atoms with E-state index in [2.05, 4.69) is 11.4 Å². The van der Waals surface area contributed by atoms with Crippen LogP contribution in [0.5, 0.6) is 5.75 Å². The van der Waals surface area contributed by atoms with Crippen LogP contribution < -0.4 is 10.1 Å². The summed E-state index contributed by atoms with van der Waals surface area (Å²) in [5.74, 6) is 1.27. The third-order valence-electron chi connectivity index (χ3n) is 3.17. The van der Waals surface area contributed by atoms with Crippen molar-refractivity contribution >= 4 is 6.09 Å². The van der Waals surface area contributed by atoms with Gasteiger partial charge in [0.15, 0.2) is 0 Å². The second kappa shape index (κ2) is 3.70. The molecule has 1 saturated heterocycles. The number of nitrogens with one attached hydrogen (secondary N) is 1. The van der Waals surface area contributed by atoms with Gasteiger partial charge < -0.3 is 14.8 Å². The number of amides is 1. The minimum Gasteiger partial charge on any atom is -0.493 e. The number of benzene rings is 1. The van der Waals surface area contributed by atoms with E-state index >= 15 is 0 Å². The van der Waals surface area contributed by atoms with Crippen LogP contribution in [-0.4, -0.2) is 25.3 Å². The number of hydrogen-bond donors (Lipinski definition) is 1. The van der Waals surface area contributed by atoms with Gasteiger partial charge in [0.1, 0.15) is 12.4 Å². The van der Waals surface area contributed by atoms with Gasteiger partial charge in [-0.15, -0.1) is 0 Å². The molecule has 2 aliphatic rings. The number of para-hydroxylation sites is 1. The van der Waals surface area contributed by atoms with E-state index in [1.54, 1.807) is 0 Å². The van der Waals surface area contributed by atoms with Crippen LogP contribution in [0, 0.1) is 5.92 Å². The molecule has 0 aliphatic carbocycles. The Kier molecular flexibility index (Phi) is 2.20. The molecule has 2 aliphatic heterocycles. The first-order valence-corrected chi connectivity index (χ1v) is 5.47. The molecule has 1 N–H and O–H groups in total. The lowest BCUT2D eigenvalue weighted by Crippen LogP contribution is -2.40. The van der Waals surface area contributed by atoms with Crippen molar-refractivity contribution in [3.8, 4) is 5.75 Å². The van der Waals surface area contributed by atoms with Gasteiger partial charge in [0.2, 0.25) is 0 Å². The van der Waals surface area contributed by atoms with Crippen LogP contribution in [0.1, 0.15) is 5.56 Å². The highest BCUT2D eigenvalue weighted by Crippen LogP contribution is 2.29. The zero-order valence-electron chi connectivity index (χ0n) is 8.81. The predicted molar refractivity (Wildman–Crippen MR) is 57.4 cm³/mol. The molecule has 2 atom stereocenters. The molecular formula is C12H13NO3. The average Bonchev–Trinajstić information content (AvgIpc) is 2.75. The van der Waals surface area contributed by atoms with Crippen LogP contribution in [0.3, 0.4) is 0 Å². The number of fused-ring (bicyclic) bond motifs is 1. The zero-order valence-corrected chi connectivity index (χ0v) is 8.81. The van der Waals surface area contributed by atoms with Gasteiger partial charge >= 0.3 is 6.09 Å². The highest BCUT2D eigenvalue weighted by Gasteiger charge is 2.33. The van der Waals surface area contributed by atoms with Crippen molar-refractivity contribution in [1.82, 2.24) is 5.32 Å². The molecule has 0 spiro atoms. The van der Waals surface area contributed by atoms with Crippen LogP contribution in [0.25, 0.3) is 0 Å². The fourth-order valence-electron chi connectivity index (χ4n) is 2.26. The van der Waals surface area contributed by atoms with Gasteiger partial charge in [0, 0.05) is 5.92 Å². The maximum Gasteiger partial charge on any atom is 0.407 e. The molecule has 16 heavy (non-hydrogen) atoms. The standard InChI is InChI=1S/C12H13NO3/c14-12-13-10(7-16-12)9-5-8-3-1-2-4-11(8)15-6-9/h1-4,9-10H,5-7H2,(H,13,14). The Morgan fingerprint density at radius 1 is 1.19 bits per heavy atom. The monoisotopic (exact) mass is 219 g/mol. The number of carbonyl (C=O) groups excluding carboxylic acids is 1. The average molecular weight is 219 g/mol. The summed E-state index contributed by atoms with van der Waals surface area (Å²) in [7, 11) is 0. The normalized spacial score (nSPS) is 27.6. The van der Waals surface area contributed by atoms with E-state index in [-0.39, 0.29) is 12.1 Å². The van der Waals surface area contributed by atoms with Gasteiger partial charge in [-0.3, -0.25) is 0 Å². The third kappa shape index (κ3) is 1.60. The van der Waals surface area contributed by atoms with Crippen molar-refractivity contribution in [2.24, 2.45) is 5.92 Å². The van der Waals surface area contributed by atoms with E-state index in [0.717, 1.165) is 12.2 Å². The van der Waals surface area contributed by atoms with E-state index in [1.165, 1.54) is 5.56 Å². The Morgan fingerprint density at radius 2 is 2.06 bits per heavy atom. The van der Waals surface area contributed by atoms with Crippen LogP contribution in [-0.2, 0) is 11.2 Å². The summed E-state index contributed by atoms with van der Waals surface area (Å²) in [5.41, 5.74) is 1.21. The first-order valence-electron chi connectivity index (χ1n) is 5.47. The van der Waals surface area contributed by atoms with Crippen molar-refractivity contribution in [2.45, 2.75) is 12.5 Å². The van der Waals surface area contributed by atoms with E-state index < -0.39 is 0 Å². The van der Waals surface area contributed by atoms with Crippen molar-refractivity contribution in [1.29, 1.82) is 0 Å². The summed E-state index contributed by atoms with van der Waals surface area (Å²) in [4.78, 5) is 11.0. The van der Waals surface area contributed by atoms with Crippen molar-refractivity contribution in [3.05, 3.63) is 29.8 Å². The summed E-state index contributed by atoms with van der Waals surface area (Å²) >= 11 is 0. The smallest absolute Gasteiger partial charge is 0.407 e. The number of ether oxygens (including phenoxy) is 2. The number of carbonyl (C=O) groups is 1. The molecule has 1 aromatic carbocycles. The van der Waals surface area contributed by atoms with Crippen LogP contribution in [0.2, 0.25) is 0 Å². The van der Waals surface area contributed by atoms with E-state index in [4.69, 9.17) is 9.47 Å². The van der Waals surface area contributed by atoms with E-state index in [0.29, 0.717) is 19.1 Å². The zero-order chi connectivity index (χ0) is 11.0. The molecule has 84 valence electrons. The summed E-state index contributed by atoms with van der Waals surface area (Å²) in [6.45, 7) is 1.10. The Morgan fingerprint density at radius 3 is 2.88 bits per heavy atom. The molecule has 0 bridgehead atoms. The second-order valence-electron chi connectivity index (χ2n) is 4.23. The number of hydrogen-bond acceptors (Lipinski definition) is 3. The molecule has 2 unspecified atom stereocenters. The fourth-order valence-corrected chi connectivity index (χ4v) is 2.26. The topological polar surface area (TPSA) is 47.6 Å². The largest absolute Gasteiger partial charge is 0.493 e. The molecule has 3 rings (SSSR count). The summed E-state index contributed by atoms with van der Waals surface area (Å²) in [6.07, 6.45) is 0.619. The molecule has 2 heterocycles. The molecule has 4 nitrogen and oxygen atoms in total. The number of cyclic esters (lactones) is 1. The molecule has 4 heteroatoms. The Hall–Kier alpha value is -1.71. The van der Waals surface area contributed by atoms with E-state index in [9.17, 15) is 4.79 Å². The van der Waals surface area contributed by atoms with Gasteiger partial charge in [-0.1, -0.05) is 18.2 Å². The van der Waals surface area contributed by atoms with Crippen molar-refractivity contribution in [3.63, 3.8) is 0 Å². The van der Waals surface area contributed by atoms with Gasteiger partial charge in [0.25, 0.3) is 0 Å². The first kappa shape index (κ1) is 9.51. The first-order chi connectivity index (χ1) is 7.83. The highest BCUT2D eigenvalue weighted by atomic mass is 16.6. The van der Waals surface area contributed by atoms with E-state index in [1.807, 2.05) is 18.2 Å². The molecule has 0 aromatic heterocycles. The predicted octanol–water partition coefficient (Wildman–Crippen LogP) is 1.35. The summed E-state index contributed by atoms with van der Waals surface area (Å²) in [5, 5.41) is 2.81. The minimum absolute atomic E-state index is 0.0841. The van der Waals surface area contributed by atoms with Crippen LogP contribution in [0.4, 0.5) is 4.79 Å². The summed E-state index contributed by atoms with van der Waals surface area (Å²) < 4.78 is 10.6. The highest BCUT2D eigenvalue weighted by molar-refractivity contribution is 5.69. The van der Waals surface area contributed by atoms with Crippen LogP contribution >= 0.6 is 0 Å². The Bertz CT molecular complexity index is 418. The number of rotatable bonds is 1. The van der Waals surface area contributed by atoms with Gasteiger partial charge in [-0.25, -0.2) is 4.79 Å². The molecule has 0 saturated carbocycles. The Balaban J connectivity index is 1.75. The molecule has 1 fully saturated rings. The summed E-state index contributed by atoms with van der Waals surface area (Å²) in [6, 6.07) is 8.11. The maximum absolute atomic E-state index is 11.0. The van der Waals surface area contributed by atoms with Crippen molar-refractivity contribution < 1.29 is 14.3 Å². The Labute approximate surface area is 93.5 Å². The number of alkyl carbamates (subject to hydrolysis) is 1. The van der Waals surface area contributed by atoms with Gasteiger partial charge in [-0.05, 0) is 18.1 Å². The van der Waals surface area contributed by atoms with Crippen LogP contribution in [0.15, 0.2) is 24.3 Å².